The number of amides is 1. The van der Waals surface area contributed by atoms with Gasteiger partial charge in [0.15, 0.2) is 5.13 Å². The number of hydrogen-bond donors (Lipinski definition) is 2. The molecule has 0 fully saturated rings. The normalized spacial score (nSPS) is 9.79. The van der Waals surface area contributed by atoms with Crippen molar-refractivity contribution in [2.75, 3.05) is 12.3 Å². The second kappa shape index (κ2) is 4.97. The lowest BCUT2D eigenvalue weighted by molar-refractivity contribution is -0.120. The molecule has 6 heteroatoms. The Hall–Kier alpha value is -1.07. The number of anilines is 1. The summed E-state index contributed by atoms with van der Waals surface area (Å²) in [6, 6.07) is 0. The maximum absolute atomic E-state index is 11.2. The molecule has 0 bridgehead atoms. The molecule has 1 aromatic heterocycles. The first kappa shape index (κ1) is 11.0. The molecule has 76 valence electrons. The van der Waals surface area contributed by atoms with Gasteiger partial charge in [0.1, 0.15) is 0 Å². The maximum atomic E-state index is 11.2. The van der Waals surface area contributed by atoms with Crippen molar-refractivity contribution in [3.8, 4) is 0 Å². The van der Waals surface area contributed by atoms with Crippen LogP contribution in [0.1, 0.15) is 5.69 Å². The summed E-state index contributed by atoms with van der Waals surface area (Å²) in [6.07, 6.45) is 0.220. The second-order valence-electron chi connectivity index (χ2n) is 2.65. The van der Waals surface area contributed by atoms with Crippen molar-refractivity contribution >= 4 is 34.0 Å². The third-order valence-electron chi connectivity index (χ3n) is 1.39. The minimum Gasteiger partial charge on any atom is -0.375 e. The number of carbonyl (C=O) groups excluding carboxylic acids is 1. The summed E-state index contributed by atoms with van der Waals surface area (Å²) < 4.78 is 0. The average Bonchev–Trinajstić information content (AvgIpc) is 2.48. The quantitative estimate of drug-likeness (QED) is 0.817. The van der Waals surface area contributed by atoms with Crippen molar-refractivity contribution in [2.45, 2.75) is 6.42 Å². The zero-order valence-electron chi connectivity index (χ0n) is 7.42. The van der Waals surface area contributed by atoms with Crippen LogP contribution in [0.2, 0.25) is 0 Å². The van der Waals surface area contributed by atoms with E-state index in [0.717, 1.165) is 0 Å². The minimum atomic E-state index is -0.142. The fourth-order valence-electron chi connectivity index (χ4n) is 0.825. The van der Waals surface area contributed by atoms with Crippen LogP contribution >= 0.6 is 22.9 Å². The number of rotatable bonds is 4. The zero-order chi connectivity index (χ0) is 10.6. The van der Waals surface area contributed by atoms with E-state index in [2.05, 4.69) is 16.9 Å². The van der Waals surface area contributed by atoms with Crippen molar-refractivity contribution in [1.82, 2.24) is 10.3 Å². The molecular formula is C8H10ClN3OS. The van der Waals surface area contributed by atoms with E-state index >= 15 is 0 Å². The van der Waals surface area contributed by atoms with Crippen LogP contribution in [0.15, 0.2) is 17.0 Å². The maximum Gasteiger partial charge on any atom is 0.226 e. The Morgan fingerprint density at radius 1 is 1.79 bits per heavy atom. The van der Waals surface area contributed by atoms with Crippen molar-refractivity contribution in [1.29, 1.82) is 0 Å². The highest BCUT2D eigenvalue weighted by Crippen LogP contribution is 2.11. The third kappa shape index (κ3) is 3.76. The Labute approximate surface area is 90.8 Å². The average molecular weight is 232 g/mol. The van der Waals surface area contributed by atoms with Gasteiger partial charge in [-0.3, -0.25) is 4.79 Å². The third-order valence-corrected chi connectivity index (χ3v) is 2.24. The summed E-state index contributed by atoms with van der Waals surface area (Å²) in [5.41, 5.74) is 6.09. The van der Waals surface area contributed by atoms with Gasteiger partial charge in [-0.25, -0.2) is 4.98 Å². The van der Waals surface area contributed by atoms with Gasteiger partial charge < -0.3 is 11.1 Å². The molecular weight excluding hydrogens is 222 g/mol. The van der Waals surface area contributed by atoms with Crippen LogP contribution in [0.5, 0.6) is 0 Å². The van der Waals surface area contributed by atoms with E-state index in [9.17, 15) is 4.79 Å². The van der Waals surface area contributed by atoms with Crippen LogP contribution in [0.3, 0.4) is 0 Å². The number of nitrogen functional groups attached to an aromatic ring is 1. The van der Waals surface area contributed by atoms with Gasteiger partial charge in [0, 0.05) is 10.4 Å². The summed E-state index contributed by atoms with van der Waals surface area (Å²) >= 11 is 6.80. The van der Waals surface area contributed by atoms with Crippen LogP contribution in [-0.2, 0) is 11.2 Å². The van der Waals surface area contributed by atoms with Crippen molar-refractivity contribution < 1.29 is 4.79 Å². The molecule has 1 aromatic rings. The molecule has 0 saturated heterocycles. The molecule has 1 heterocycles. The SMILES string of the molecule is C=C(Cl)CNC(=O)Cc1csc(N)n1. The lowest BCUT2D eigenvalue weighted by atomic mass is 10.3. The predicted octanol–water partition coefficient (Wildman–Crippen LogP) is 1.14. The number of nitrogens with two attached hydrogens (primary N) is 1. The molecule has 0 aliphatic heterocycles. The number of hydrogen-bond acceptors (Lipinski definition) is 4. The number of carbonyl (C=O) groups is 1. The molecule has 0 aliphatic carbocycles. The van der Waals surface area contributed by atoms with E-state index in [0.29, 0.717) is 15.9 Å². The molecule has 0 unspecified atom stereocenters. The highest BCUT2D eigenvalue weighted by molar-refractivity contribution is 7.13. The van der Waals surface area contributed by atoms with Gasteiger partial charge in [-0.1, -0.05) is 18.2 Å². The molecule has 14 heavy (non-hydrogen) atoms. The highest BCUT2D eigenvalue weighted by atomic mass is 35.5. The molecule has 0 saturated carbocycles. The van der Waals surface area contributed by atoms with E-state index in [4.69, 9.17) is 17.3 Å². The molecule has 0 radical (unpaired) electrons. The van der Waals surface area contributed by atoms with E-state index < -0.39 is 0 Å². The second-order valence-corrected chi connectivity index (χ2v) is 4.07. The first-order valence-electron chi connectivity index (χ1n) is 3.88. The Bertz CT molecular complexity index is 350. The van der Waals surface area contributed by atoms with Crippen LogP contribution in [0, 0.1) is 0 Å². The lowest BCUT2D eigenvalue weighted by Gasteiger charge is -2.01. The molecule has 0 spiro atoms. The van der Waals surface area contributed by atoms with E-state index in [1.807, 2.05) is 0 Å². The molecule has 4 nitrogen and oxygen atoms in total. The Balaban J connectivity index is 2.37. The van der Waals surface area contributed by atoms with Gasteiger partial charge >= 0.3 is 0 Å². The standard InChI is InChI=1S/C8H10ClN3OS/c1-5(9)3-11-7(13)2-6-4-14-8(10)12-6/h4H,1-3H2,(H2,10,12)(H,11,13). The number of nitrogens with zero attached hydrogens (tertiary/aromatic N) is 1. The number of halogens is 1. The van der Waals surface area contributed by atoms with Gasteiger partial charge in [-0.2, -0.15) is 0 Å². The number of thiazole rings is 1. The molecule has 0 atom stereocenters. The minimum absolute atomic E-state index is 0.142. The van der Waals surface area contributed by atoms with Crippen LogP contribution in [0.25, 0.3) is 0 Å². The van der Waals surface area contributed by atoms with Gasteiger partial charge in [-0.15, -0.1) is 11.3 Å². The van der Waals surface area contributed by atoms with Crippen molar-refractivity contribution in [3.05, 3.63) is 22.7 Å². The first-order valence-corrected chi connectivity index (χ1v) is 5.13. The van der Waals surface area contributed by atoms with E-state index in [1.54, 1.807) is 5.38 Å². The monoisotopic (exact) mass is 231 g/mol. The fraction of sp³-hybridized carbons (Fsp3) is 0.250. The molecule has 0 aromatic carbocycles. The van der Waals surface area contributed by atoms with Crippen molar-refractivity contribution in [2.24, 2.45) is 0 Å². The fourth-order valence-corrected chi connectivity index (χ4v) is 1.45. The number of aromatic nitrogens is 1. The van der Waals surface area contributed by atoms with Crippen LogP contribution < -0.4 is 11.1 Å². The summed E-state index contributed by atoms with van der Waals surface area (Å²) in [4.78, 5) is 15.2. The van der Waals surface area contributed by atoms with Gasteiger partial charge in [-0.05, 0) is 0 Å². The van der Waals surface area contributed by atoms with Gasteiger partial charge in [0.2, 0.25) is 5.91 Å². The van der Waals surface area contributed by atoms with Crippen molar-refractivity contribution in [3.63, 3.8) is 0 Å². The zero-order valence-corrected chi connectivity index (χ0v) is 8.99. The Kier molecular flexibility index (Phi) is 3.91. The first-order chi connectivity index (χ1) is 6.58. The van der Waals surface area contributed by atoms with Crippen LogP contribution in [-0.4, -0.2) is 17.4 Å². The molecule has 0 aliphatic rings. The topological polar surface area (TPSA) is 68.0 Å². The highest BCUT2D eigenvalue weighted by Gasteiger charge is 2.05. The van der Waals surface area contributed by atoms with E-state index in [-0.39, 0.29) is 18.9 Å². The lowest BCUT2D eigenvalue weighted by Crippen LogP contribution is -2.26. The predicted molar refractivity (Wildman–Crippen MR) is 58.2 cm³/mol. The largest absolute Gasteiger partial charge is 0.375 e. The smallest absolute Gasteiger partial charge is 0.226 e. The molecule has 1 amide bonds. The van der Waals surface area contributed by atoms with E-state index in [1.165, 1.54) is 11.3 Å². The summed E-state index contributed by atoms with van der Waals surface area (Å²) in [5, 5.41) is 5.21. The Morgan fingerprint density at radius 3 is 3.00 bits per heavy atom. The van der Waals surface area contributed by atoms with Gasteiger partial charge in [0.05, 0.1) is 18.7 Å². The molecule has 3 N–H and O–H groups in total. The molecule has 1 rings (SSSR count). The van der Waals surface area contributed by atoms with Crippen LogP contribution in [0.4, 0.5) is 5.13 Å². The van der Waals surface area contributed by atoms with Gasteiger partial charge in [0.25, 0.3) is 0 Å². The Morgan fingerprint density at radius 2 is 2.50 bits per heavy atom. The summed E-state index contributed by atoms with van der Waals surface area (Å²) in [6.45, 7) is 3.73. The summed E-state index contributed by atoms with van der Waals surface area (Å²) in [5.74, 6) is -0.142. The number of nitrogens with one attached hydrogen (secondary N) is 1. The summed E-state index contributed by atoms with van der Waals surface area (Å²) in [7, 11) is 0.